The minimum absolute atomic E-state index is 0.0440. The number of esters is 2. The van der Waals surface area contributed by atoms with Crippen molar-refractivity contribution in [1.29, 1.82) is 0 Å². The van der Waals surface area contributed by atoms with Gasteiger partial charge in [-0.1, -0.05) is 151 Å². The number of rotatable bonds is 38. The summed E-state index contributed by atoms with van der Waals surface area (Å²) in [6.45, 7) is 3.75. The van der Waals surface area contributed by atoms with E-state index in [1.165, 1.54) is 32.1 Å². The quantitative estimate of drug-likeness (QED) is 0.0128. The summed E-state index contributed by atoms with van der Waals surface area (Å²) in [5.41, 5.74) is 0. The van der Waals surface area contributed by atoms with Gasteiger partial charge < -0.3 is 34.4 Å². The molecule has 0 aliphatic rings. The van der Waals surface area contributed by atoms with Gasteiger partial charge in [0.25, 0.3) is 0 Å². The third kappa shape index (κ3) is 40.7. The molecule has 5 atom stereocenters. The monoisotopic (exact) mass is 876 g/mol. The van der Waals surface area contributed by atoms with Gasteiger partial charge in [0.15, 0.2) is 6.10 Å². The molecule has 0 saturated heterocycles. The van der Waals surface area contributed by atoms with Crippen molar-refractivity contribution in [1.82, 2.24) is 0 Å². The van der Waals surface area contributed by atoms with Gasteiger partial charge in [0, 0.05) is 12.8 Å². The van der Waals surface area contributed by atoms with Gasteiger partial charge in [-0.05, 0) is 50.9 Å². The Balaban J connectivity index is 4.71. The van der Waals surface area contributed by atoms with Gasteiger partial charge in [-0.15, -0.1) is 0 Å². The summed E-state index contributed by atoms with van der Waals surface area (Å²) in [6, 6.07) is 0. The molecule has 0 amide bonds. The van der Waals surface area contributed by atoms with E-state index in [1.54, 1.807) is 6.08 Å². The minimum atomic E-state index is -4.88. The zero-order chi connectivity index (χ0) is 44.0. The second-order valence-corrected chi connectivity index (χ2v) is 17.0. The predicted octanol–water partition coefficient (Wildman–Crippen LogP) is 9.44. The Morgan fingerprint density at radius 3 is 1.86 bits per heavy atom. The van der Waals surface area contributed by atoms with Crippen LogP contribution in [0.5, 0.6) is 0 Å². The highest BCUT2D eigenvalue weighted by atomic mass is 31.2. The van der Waals surface area contributed by atoms with Crippen molar-refractivity contribution in [3.8, 4) is 0 Å². The van der Waals surface area contributed by atoms with E-state index in [0.717, 1.165) is 50.9 Å². The van der Waals surface area contributed by atoms with Crippen molar-refractivity contribution in [2.24, 2.45) is 5.92 Å². The lowest BCUT2D eigenvalue weighted by Gasteiger charge is -2.20. The van der Waals surface area contributed by atoms with Gasteiger partial charge >= 0.3 is 27.6 Å². The Hall–Kier alpha value is -2.48. The first kappa shape index (κ1) is 56.5. The summed E-state index contributed by atoms with van der Waals surface area (Å²) in [4.78, 5) is 52.6. The van der Waals surface area contributed by atoms with Crippen LogP contribution in [-0.4, -0.2) is 81.6 Å². The summed E-state index contributed by atoms with van der Waals surface area (Å²) < 4.78 is 47.6. The summed E-state index contributed by atoms with van der Waals surface area (Å²) in [7, 11) is -9.71. The zero-order valence-corrected chi connectivity index (χ0v) is 37.4. The summed E-state index contributed by atoms with van der Waals surface area (Å²) >= 11 is 0. The Morgan fingerprint density at radius 1 is 0.627 bits per heavy atom. The highest BCUT2D eigenvalue weighted by Crippen LogP contribution is 2.43. The number of ether oxygens (including phenoxy) is 2. The normalized spacial score (nSPS) is 15.9. The number of allylic oxidation sites excluding steroid dienone is 10. The molecule has 0 aliphatic carbocycles. The van der Waals surface area contributed by atoms with E-state index in [4.69, 9.17) is 23.8 Å². The number of carbonyl (C=O) groups is 2. The van der Waals surface area contributed by atoms with Crippen LogP contribution in [0.2, 0.25) is 0 Å². The molecule has 0 radical (unpaired) electrons. The molecular weight excluding hydrogens is 802 g/mol. The van der Waals surface area contributed by atoms with Crippen LogP contribution in [0.25, 0.3) is 0 Å². The summed E-state index contributed by atoms with van der Waals surface area (Å²) in [5, 5.41) is 19.7. The maximum atomic E-state index is 12.6. The van der Waals surface area contributed by atoms with Gasteiger partial charge in [-0.2, -0.15) is 0 Å². The Bertz CT molecular complexity index is 1350. The van der Waals surface area contributed by atoms with E-state index in [1.807, 2.05) is 54.7 Å². The summed E-state index contributed by atoms with van der Waals surface area (Å²) in [6.07, 6.45) is 35.2. The molecule has 0 spiro atoms. The number of carbonyl (C=O) groups excluding carboxylic acids is 2. The third-order valence-electron chi connectivity index (χ3n) is 8.73. The van der Waals surface area contributed by atoms with Gasteiger partial charge in [0.05, 0.1) is 25.9 Å². The SMILES string of the molecule is CC/C=C\C/C=C\CC(O)/C=C/C=C\C/C=C\C/C=C\CCC(=O)OC[C@H](COP(=O)(O)OC[C@@H](O)COP(=O)(O)O)OC(=O)CCCCCCCCCCC(C)CC. The number of aliphatic hydroxyl groups is 2. The first-order valence-corrected chi connectivity index (χ1v) is 24.2. The lowest BCUT2D eigenvalue weighted by atomic mass is 9.99. The van der Waals surface area contributed by atoms with Crippen molar-refractivity contribution in [2.45, 2.75) is 155 Å². The number of hydrogen-bond donors (Lipinski definition) is 5. The molecule has 340 valence electrons. The average Bonchev–Trinajstić information content (AvgIpc) is 3.19. The van der Waals surface area contributed by atoms with Crippen LogP contribution in [0, 0.1) is 5.92 Å². The van der Waals surface area contributed by atoms with Crippen molar-refractivity contribution in [3.63, 3.8) is 0 Å². The highest BCUT2D eigenvalue weighted by Gasteiger charge is 2.28. The third-order valence-corrected chi connectivity index (χ3v) is 10.2. The van der Waals surface area contributed by atoms with Crippen LogP contribution in [0.1, 0.15) is 136 Å². The molecule has 16 heteroatoms. The second kappa shape index (κ2) is 37.3. The molecule has 0 aromatic carbocycles. The smallest absolute Gasteiger partial charge is 0.462 e. The second-order valence-electron chi connectivity index (χ2n) is 14.3. The highest BCUT2D eigenvalue weighted by molar-refractivity contribution is 7.47. The molecule has 0 aromatic rings. The molecule has 14 nitrogen and oxygen atoms in total. The molecular formula is C43H74O14P2. The molecule has 0 fully saturated rings. The molecule has 0 aromatic heterocycles. The van der Waals surface area contributed by atoms with Crippen molar-refractivity contribution in [2.75, 3.05) is 26.4 Å². The fraction of sp³-hybridized carbons (Fsp3) is 0.674. The van der Waals surface area contributed by atoms with Gasteiger partial charge in [-0.25, -0.2) is 9.13 Å². The molecule has 0 aliphatic heterocycles. The van der Waals surface area contributed by atoms with E-state index in [-0.39, 0.29) is 12.8 Å². The van der Waals surface area contributed by atoms with Crippen LogP contribution < -0.4 is 0 Å². The maximum Gasteiger partial charge on any atom is 0.472 e. The van der Waals surface area contributed by atoms with Gasteiger partial charge in [0.1, 0.15) is 12.7 Å². The van der Waals surface area contributed by atoms with Crippen LogP contribution in [-0.2, 0) is 41.8 Å². The first-order valence-electron chi connectivity index (χ1n) is 21.1. The van der Waals surface area contributed by atoms with E-state index < -0.39 is 72.3 Å². The molecule has 0 saturated carbocycles. The number of phosphoric ester groups is 2. The van der Waals surface area contributed by atoms with Crippen LogP contribution in [0.4, 0.5) is 0 Å². The standard InChI is InChI=1S/C43H74O14P2/c1-4-6-7-8-20-25-30-39(44)31-26-21-16-11-9-10-12-17-22-27-32-42(46)53-36-41(37-56-59(51,52)55-35-40(45)34-54-58(48,49)50)57-43(47)33-28-23-18-14-13-15-19-24-29-38(3)5-2/h6-7,9-10,16-17,20-22,25-26,31,38-41,44-45H,4-5,8,11-15,18-19,23-24,27-30,32-37H2,1-3H3,(H,51,52)(H2,48,49,50)/b7-6-,10-9-,21-16-,22-17-,25-20-,31-26+/t38?,39?,40-,41+/m0/s1. The average molecular weight is 877 g/mol. The fourth-order valence-electron chi connectivity index (χ4n) is 5.14. The van der Waals surface area contributed by atoms with Gasteiger partial charge in [-0.3, -0.25) is 23.2 Å². The topological polar surface area (TPSA) is 216 Å². The Morgan fingerprint density at radius 2 is 1.20 bits per heavy atom. The maximum absolute atomic E-state index is 12.6. The molecule has 0 heterocycles. The van der Waals surface area contributed by atoms with E-state index in [2.05, 4.69) is 42.0 Å². The van der Waals surface area contributed by atoms with Crippen LogP contribution in [0.3, 0.4) is 0 Å². The zero-order valence-electron chi connectivity index (χ0n) is 35.6. The van der Waals surface area contributed by atoms with Crippen LogP contribution >= 0.6 is 15.6 Å². The minimum Gasteiger partial charge on any atom is -0.462 e. The number of hydrogen-bond acceptors (Lipinski definition) is 11. The molecule has 0 bridgehead atoms. The Labute approximate surface area is 353 Å². The molecule has 3 unspecified atom stereocenters. The van der Waals surface area contributed by atoms with Crippen LogP contribution in [0.15, 0.2) is 72.9 Å². The van der Waals surface area contributed by atoms with Crippen molar-refractivity contribution >= 4 is 27.6 Å². The van der Waals surface area contributed by atoms with Crippen molar-refractivity contribution in [3.05, 3.63) is 72.9 Å². The van der Waals surface area contributed by atoms with E-state index in [9.17, 15) is 33.8 Å². The van der Waals surface area contributed by atoms with E-state index >= 15 is 0 Å². The number of unbranched alkanes of at least 4 members (excludes halogenated alkanes) is 7. The number of aliphatic hydroxyl groups excluding tert-OH is 2. The fourth-order valence-corrected chi connectivity index (χ4v) is 6.29. The molecule has 5 N–H and O–H groups in total. The summed E-state index contributed by atoms with van der Waals surface area (Å²) in [5.74, 6) is -0.390. The lowest BCUT2D eigenvalue weighted by molar-refractivity contribution is -0.161. The van der Waals surface area contributed by atoms with Crippen molar-refractivity contribution < 1.29 is 66.7 Å². The number of phosphoric acid groups is 2. The van der Waals surface area contributed by atoms with E-state index in [0.29, 0.717) is 25.7 Å². The molecule has 0 rings (SSSR count). The largest absolute Gasteiger partial charge is 0.472 e. The molecule has 59 heavy (non-hydrogen) atoms. The lowest BCUT2D eigenvalue weighted by Crippen LogP contribution is -2.29. The first-order chi connectivity index (χ1) is 28.2. The van der Waals surface area contributed by atoms with Gasteiger partial charge in [0.2, 0.25) is 0 Å². The predicted molar refractivity (Wildman–Crippen MR) is 231 cm³/mol. The Kier molecular flexibility index (Phi) is 35.7.